The van der Waals surface area contributed by atoms with Gasteiger partial charge in [-0.15, -0.1) is 0 Å². The van der Waals surface area contributed by atoms with Crippen molar-refractivity contribution >= 4 is 46.0 Å². The van der Waals surface area contributed by atoms with E-state index in [0.29, 0.717) is 57.4 Å². The number of benzene rings is 2. The van der Waals surface area contributed by atoms with Crippen LogP contribution in [0.2, 0.25) is 0 Å². The Balaban J connectivity index is 0.703. The first-order chi connectivity index (χ1) is 34.5. The lowest BCUT2D eigenvalue weighted by Gasteiger charge is -2.42. The number of aryl methyl sites for hydroxylation is 1. The van der Waals surface area contributed by atoms with E-state index < -0.39 is 29.0 Å². The summed E-state index contributed by atoms with van der Waals surface area (Å²) in [5, 5.41) is 6.26. The Kier molecular flexibility index (Phi) is 13.4. The molecule has 72 heavy (non-hydrogen) atoms. The number of anilines is 2. The fraction of sp³-hybridized carbons (Fsp3) is 0.491. The molecule has 0 bridgehead atoms. The Labute approximate surface area is 419 Å². The van der Waals surface area contributed by atoms with Crippen LogP contribution in [0.5, 0.6) is 0 Å². The Hall–Kier alpha value is -6.30. The maximum Gasteiger partial charge on any atom is 0.257 e. The fourth-order valence-corrected chi connectivity index (χ4v) is 12.3. The zero-order valence-corrected chi connectivity index (χ0v) is 42.2. The van der Waals surface area contributed by atoms with Crippen LogP contribution in [0.4, 0.5) is 20.2 Å². The molecule has 2 aromatic carbocycles. The minimum absolute atomic E-state index is 0.0190. The highest BCUT2D eigenvalue weighted by Gasteiger charge is 2.49. The maximum atomic E-state index is 16.0. The van der Waals surface area contributed by atoms with Crippen molar-refractivity contribution in [1.29, 1.82) is 0 Å². The number of piperazine rings is 1. The van der Waals surface area contributed by atoms with Gasteiger partial charge in [0.05, 0.1) is 11.1 Å². The van der Waals surface area contributed by atoms with Gasteiger partial charge >= 0.3 is 0 Å². The Bertz CT molecular complexity index is 2980. The third-order valence-corrected chi connectivity index (χ3v) is 16.6. The number of carbonyl (C=O) groups is 4. The van der Waals surface area contributed by atoms with E-state index in [1.165, 1.54) is 12.1 Å². The Morgan fingerprint density at radius 3 is 2.31 bits per heavy atom. The van der Waals surface area contributed by atoms with Crippen molar-refractivity contribution in [2.24, 2.45) is 13.0 Å². The second-order valence-corrected chi connectivity index (χ2v) is 21.3. The smallest absolute Gasteiger partial charge is 0.257 e. The number of likely N-dealkylation sites (tertiary alicyclic amines) is 2. The summed E-state index contributed by atoms with van der Waals surface area (Å²) in [6, 6.07) is 15.5. The predicted molar refractivity (Wildman–Crippen MR) is 272 cm³/mol. The average Bonchev–Trinajstić information content (AvgIpc) is 3.80. The number of nitrogens with zero attached hydrogens (tertiary/aromatic N) is 8. The van der Waals surface area contributed by atoms with Crippen LogP contribution in [-0.2, 0) is 33.4 Å². The molecule has 8 heterocycles. The Morgan fingerprint density at radius 2 is 1.62 bits per heavy atom. The number of pyridine rings is 2. The van der Waals surface area contributed by atoms with Crippen molar-refractivity contribution in [1.82, 2.24) is 39.0 Å². The number of nitrogens with one attached hydrogen (secondary N) is 2. The second kappa shape index (κ2) is 19.6. The third-order valence-electron chi connectivity index (χ3n) is 16.6. The summed E-state index contributed by atoms with van der Waals surface area (Å²) in [6.45, 7) is 14.9. The van der Waals surface area contributed by atoms with Crippen molar-refractivity contribution in [2.75, 3.05) is 69.6 Å². The molecule has 5 aliphatic rings. The van der Waals surface area contributed by atoms with Crippen LogP contribution in [0, 0.1) is 17.6 Å². The largest absolute Gasteiger partial charge is 0.388 e. The summed E-state index contributed by atoms with van der Waals surface area (Å²) in [5.74, 6) is -2.44. The number of hydrogen-bond acceptors (Lipinski definition) is 10. The van der Waals surface area contributed by atoms with E-state index in [9.17, 15) is 24.0 Å². The molecule has 0 spiro atoms. The zero-order chi connectivity index (χ0) is 50.7. The number of piperidine rings is 3. The lowest BCUT2D eigenvalue weighted by Crippen LogP contribution is -2.55. The van der Waals surface area contributed by atoms with Gasteiger partial charge < -0.3 is 14.8 Å². The number of fused-ring (bicyclic) bond motifs is 2. The molecule has 4 fully saturated rings. The number of imide groups is 1. The van der Waals surface area contributed by atoms with E-state index in [2.05, 4.69) is 60.9 Å². The van der Waals surface area contributed by atoms with Crippen LogP contribution >= 0.6 is 0 Å². The van der Waals surface area contributed by atoms with Gasteiger partial charge in [0.15, 0.2) is 0 Å². The van der Waals surface area contributed by atoms with Gasteiger partial charge in [-0.2, -0.15) is 0 Å². The summed E-state index contributed by atoms with van der Waals surface area (Å²) in [6.07, 6.45) is 6.76. The minimum Gasteiger partial charge on any atom is -0.388 e. The quantitative estimate of drug-likeness (QED) is 0.141. The van der Waals surface area contributed by atoms with Gasteiger partial charge in [0.2, 0.25) is 17.7 Å². The molecule has 15 nitrogen and oxygen atoms in total. The van der Waals surface area contributed by atoms with Gasteiger partial charge in [0.25, 0.3) is 11.5 Å². The highest BCUT2D eigenvalue weighted by molar-refractivity contribution is 6.13. The van der Waals surface area contributed by atoms with E-state index in [4.69, 9.17) is 0 Å². The minimum atomic E-state index is -0.797. The van der Waals surface area contributed by atoms with Crippen molar-refractivity contribution in [3.05, 3.63) is 117 Å². The number of amides is 4. The van der Waals surface area contributed by atoms with Crippen LogP contribution in [0.3, 0.4) is 0 Å². The van der Waals surface area contributed by atoms with Crippen LogP contribution in [-0.4, -0.2) is 129 Å². The first kappa shape index (κ1) is 49.3. The molecule has 0 unspecified atom stereocenters. The summed E-state index contributed by atoms with van der Waals surface area (Å²) in [4.78, 5) is 80.3. The van der Waals surface area contributed by atoms with E-state index in [1.54, 1.807) is 39.9 Å². The zero-order valence-electron chi connectivity index (χ0n) is 42.2. The summed E-state index contributed by atoms with van der Waals surface area (Å²) in [7, 11) is 3.75. The molecule has 5 aromatic rings. The molecule has 0 saturated carbocycles. The number of halogens is 2. The molecule has 4 amide bonds. The molecule has 4 saturated heterocycles. The molecular weight excluding hydrogens is 919 g/mol. The molecule has 0 radical (unpaired) electrons. The van der Waals surface area contributed by atoms with E-state index in [1.807, 2.05) is 45.2 Å². The number of rotatable bonds is 11. The topological polar surface area (TPSA) is 148 Å². The van der Waals surface area contributed by atoms with Crippen molar-refractivity contribution < 1.29 is 28.0 Å². The monoisotopic (exact) mass is 985 g/mol. The molecule has 5 aliphatic heterocycles. The van der Waals surface area contributed by atoms with Crippen LogP contribution in [0.25, 0.3) is 16.7 Å². The third kappa shape index (κ3) is 9.12. The fourth-order valence-electron chi connectivity index (χ4n) is 12.3. The molecule has 10 rings (SSSR count). The summed E-state index contributed by atoms with van der Waals surface area (Å²) in [5.41, 5.74) is 5.18. The van der Waals surface area contributed by atoms with E-state index >= 15 is 8.78 Å². The molecule has 2 N–H and O–H groups in total. The Morgan fingerprint density at radius 1 is 0.889 bits per heavy atom. The first-order valence-electron chi connectivity index (χ1n) is 25.6. The molecule has 3 atom stereocenters. The van der Waals surface area contributed by atoms with Crippen LogP contribution < -0.4 is 21.1 Å². The molecule has 0 aliphatic carbocycles. The van der Waals surface area contributed by atoms with Crippen molar-refractivity contribution in [3.8, 4) is 5.69 Å². The van der Waals surface area contributed by atoms with Crippen LogP contribution in [0.15, 0.2) is 71.8 Å². The SMILES string of the molecule is CNc1ccn(-c2ccnc3c2cc([C@H](C)N2CCC(c4c(F)cc(C(=O)N5CCC(CN6CCN(Cc7ccc8c(c7)C(C)(C)C(=O)N8[C@H]7CCC(=O)NC7=O)C[C@@H]6C)CC5)cc4F)CC2)n3C)c(=O)c1. The summed E-state index contributed by atoms with van der Waals surface area (Å²) < 4.78 is 35.6. The number of aromatic nitrogens is 3. The second-order valence-electron chi connectivity index (χ2n) is 21.3. The number of hydrogen-bond donors (Lipinski definition) is 2. The van der Waals surface area contributed by atoms with Crippen LogP contribution in [0.1, 0.15) is 111 Å². The highest BCUT2D eigenvalue weighted by atomic mass is 19.1. The molecule has 3 aromatic heterocycles. The van der Waals surface area contributed by atoms with Gasteiger partial charge in [-0.1, -0.05) is 12.1 Å². The average molecular weight is 985 g/mol. The van der Waals surface area contributed by atoms with Gasteiger partial charge in [-0.25, -0.2) is 13.8 Å². The van der Waals surface area contributed by atoms with Gasteiger partial charge in [0.1, 0.15) is 23.3 Å². The maximum absolute atomic E-state index is 16.0. The summed E-state index contributed by atoms with van der Waals surface area (Å²) >= 11 is 0. The van der Waals surface area contributed by atoms with E-state index in [0.717, 1.165) is 90.5 Å². The molecule has 17 heteroatoms. The van der Waals surface area contributed by atoms with Crippen molar-refractivity contribution in [2.45, 2.75) is 102 Å². The van der Waals surface area contributed by atoms with Gasteiger partial charge in [-0.05, 0) is 132 Å². The van der Waals surface area contributed by atoms with Gasteiger partial charge in [0, 0.05) is 130 Å². The standard InChI is InChI=1S/C55H66F2N10O5/c1-33-30-62(31-36-7-8-45-41(25-36)55(3,4)54(72)67(45)46-9-10-48(68)60-52(46)70)23-24-65(33)32-35-12-18-64(19-13-35)53(71)38-26-42(56)50(43(57)27-38)37-14-20-63(21-15-37)34(2)47-29-40-44(11-17-59-51(40)61(47)6)66-22-16-39(58-5)28-49(66)69/h7-8,11,16-17,22,25-29,33-35,37,46,58H,9-10,12-15,18-21,23-24,30-32H2,1-6H3,(H,60,68,70)/t33-,34-,46-/m0/s1. The van der Waals surface area contributed by atoms with E-state index in [-0.39, 0.29) is 52.8 Å². The highest BCUT2D eigenvalue weighted by Crippen LogP contribution is 2.44. The molecular formula is C55H66F2N10O5. The number of carbonyl (C=O) groups excluding carboxylic acids is 4. The molecule has 380 valence electrons. The lowest BCUT2D eigenvalue weighted by atomic mass is 9.85. The predicted octanol–water partition coefficient (Wildman–Crippen LogP) is 6.47. The van der Waals surface area contributed by atoms with Crippen molar-refractivity contribution in [3.63, 3.8) is 0 Å². The normalized spacial score (nSPS) is 22.1. The first-order valence-corrected chi connectivity index (χ1v) is 25.6. The van der Waals surface area contributed by atoms with Gasteiger partial charge in [-0.3, -0.25) is 53.5 Å². The lowest BCUT2D eigenvalue weighted by molar-refractivity contribution is -0.136.